The van der Waals surface area contributed by atoms with Gasteiger partial charge in [0.05, 0.1) is 5.69 Å². The molecular formula is C28H33N3O3S. The second-order valence-corrected chi connectivity index (χ2v) is 10.9. The Balaban J connectivity index is 1.42. The number of anilines is 1. The molecule has 3 amide bonds. The van der Waals surface area contributed by atoms with E-state index in [1.807, 2.05) is 53.4 Å². The van der Waals surface area contributed by atoms with E-state index in [1.165, 1.54) is 23.1 Å². The molecule has 0 aromatic heterocycles. The van der Waals surface area contributed by atoms with Crippen molar-refractivity contribution in [3.05, 3.63) is 48.5 Å². The molecule has 184 valence electrons. The third-order valence-corrected chi connectivity index (χ3v) is 8.48. The summed E-state index contributed by atoms with van der Waals surface area (Å²) >= 11 is 1.33. The van der Waals surface area contributed by atoms with Gasteiger partial charge in [-0.05, 0) is 55.4 Å². The van der Waals surface area contributed by atoms with Gasteiger partial charge in [-0.2, -0.15) is 0 Å². The topological polar surface area (TPSA) is 69.7 Å². The zero-order chi connectivity index (χ0) is 24.2. The number of likely N-dealkylation sites (tertiary alicyclic amines) is 1. The summed E-state index contributed by atoms with van der Waals surface area (Å²) in [5, 5.41) is 2.27. The summed E-state index contributed by atoms with van der Waals surface area (Å²) in [5.74, 6) is -0.572. The van der Waals surface area contributed by atoms with Gasteiger partial charge in [-0.3, -0.25) is 14.4 Å². The Hall–Kier alpha value is -2.80. The molecule has 1 saturated carbocycles. The molecule has 1 unspecified atom stereocenters. The number of nitrogens with zero attached hydrogens (tertiary/aromatic N) is 2. The highest BCUT2D eigenvalue weighted by atomic mass is 32.2. The highest BCUT2D eigenvalue weighted by Gasteiger charge is 2.41. The minimum atomic E-state index is -0.853. The molecule has 1 atom stereocenters. The third-order valence-electron chi connectivity index (χ3n) is 7.26. The maximum atomic E-state index is 13.6. The molecule has 0 radical (unpaired) electrons. The van der Waals surface area contributed by atoms with Crippen LogP contribution in [0.25, 0.3) is 11.1 Å². The van der Waals surface area contributed by atoms with E-state index in [9.17, 15) is 14.4 Å². The van der Waals surface area contributed by atoms with Crippen molar-refractivity contribution in [1.82, 2.24) is 10.2 Å². The lowest BCUT2D eigenvalue weighted by atomic mass is 9.95. The van der Waals surface area contributed by atoms with Crippen LogP contribution in [-0.2, 0) is 14.4 Å². The average Bonchev–Trinajstić information content (AvgIpc) is 2.91. The Morgan fingerprint density at radius 3 is 2.34 bits per heavy atom. The molecule has 5 rings (SSSR count). The molecule has 1 saturated heterocycles. The number of nitrogens with one attached hydrogen (secondary N) is 1. The van der Waals surface area contributed by atoms with Crippen molar-refractivity contribution in [3.8, 4) is 11.1 Å². The predicted molar refractivity (Wildman–Crippen MR) is 139 cm³/mol. The third kappa shape index (κ3) is 5.40. The molecule has 2 fully saturated rings. The number of amides is 3. The van der Waals surface area contributed by atoms with E-state index in [0.717, 1.165) is 61.0 Å². The monoisotopic (exact) mass is 491 g/mol. The lowest BCUT2D eigenvalue weighted by Gasteiger charge is -2.36. The SMILES string of the molecule is O=C(CN1C(=O)C(C(=O)N2CCCCC2)Sc2cc(-c3ccccc3)ccc21)NC1CCCCC1. The van der Waals surface area contributed by atoms with E-state index in [1.54, 1.807) is 0 Å². The molecule has 2 aromatic carbocycles. The minimum absolute atomic E-state index is 0.0582. The maximum Gasteiger partial charge on any atom is 0.250 e. The Bertz CT molecular complexity index is 1080. The lowest BCUT2D eigenvalue weighted by molar-refractivity contribution is -0.136. The van der Waals surface area contributed by atoms with E-state index in [0.29, 0.717) is 18.8 Å². The van der Waals surface area contributed by atoms with Crippen LogP contribution in [0.5, 0.6) is 0 Å². The summed E-state index contributed by atoms with van der Waals surface area (Å²) in [6.45, 7) is 1.34. The molecular weight excluding hydrogens is 458 g/mol. The van der Waals surface area contributed by atoms with E-state index in [4.69, 9.17) is 0 Å². The molecule has 2 heterocycles. The summed E-state index contributed by atoms with van der Waals surface area (Å²) in [5.41, 5.74) is 2.82. The van der Waals surface area contributed by atoms with Gasteiger partial charge >= 0.3 is 0 Å². The molecule has 7 heteroatoms. The standard InChI is InChI=1S/C28H33N3O3S/c32-25(29-22-12-6-2-7-13-22)19-31-23-15-14-21(20-10-4-1-5-11-20)18-24(23)35-26(28(31)34)27(33)30-16-8-3-9-17-30/h1,4-5,10-11,14-15,18,22,26H,2-3,6-9,12-13,16-17,19H2,(H,29,32). The zero-order valence-corrected chi connectivity index (χ0v) is 20.9. The lowest BCUT2D eigenvalue weighted by Crippen LogP contribution is -2.53. The Labute approximate surface area is 211 Å². The summed E-state index contributed by atoms with van der Waals surface area (Å²) in [6, 6.07) is 16.2. The fraction of sp³-hybridized carbons (Fsp3) is 0.464. The zero-order valence-electron chi connectivity index (χ0n) is 20.1. The molecule has 3 aliphatic rings. The Morgan fingerprint density at radius 1 is 0.886 bits per heavy atom. The second kappa shape index (κ2) is 10.9. The maximum absolute atomic E-state index is 13.6. The molecule has 0 spiro atoms. The van der Waals surface area contributed by atoms with Crippen molar-refractivity contribution in [2.75, 3.05) is 24.5 Å². The van der Waals surface area contributed by atoms with Gasteiger partial charge in [0.15, 0.2) is 5.25 Å². The van der Waals surface area contributed by atoms with Crippen molar-refractivity contribution in [2.45, 2.75) is 67.6 Å². The molecule has 6 nitrogen and oxygen atoms in total. The fourth-order valence-corrected chi connectivity index (χ4v) is 6.57. The molecule has 1 aliphatic carbocycles. The normalized spacial score (nSPS) is 20.9. The summed E-state index contributed by atoms with van der Waals surface area (Å²) < 4.78 is 0. The van der Waals surface area contributed by atoms with Crippen molar-refractivity contribution in [1.29, 1.82) is 0 Å². The smallest absolute Gasteiger partial charge is 0.250 e. The fourth-order valence-electron chi connectivity index (χ4n) is 5.34. The van der Waals surface area contributed by atoms with Gasteiger partial charge in [0.2, 0.25) is 11.8 Å². The first kappa shape index (κ1) is 23.9. The van der Waals surface area contributed by atoms with Gasteiger partial charge in [-0.1, -0.05) is 55.7 Å². The summed E-state index contributed by atoms with van der Waals surface area (Å²) in [7, 11) is 0. The van der Waals surface area contributed by atoms with Crippen LogP contribution in [0.15, 0.2) is 53.4 Å². The van der Waals surface area contributed by atoms with Crippen LogP contribution in [0.4, 0.5) is 5.69 Å². The number of thioether (sulfide) groups is 1. The van der Waals surface area contributed by atoms with Crippen LogP contribution < -0.4 is 10.2 Å². The van der Waals surface area contributed by atoms with Crippen molar-refractivity contribution >= 4 is 35.2 Å². The van der Waals surface area contributed by atoms with E-state index in [2.05, 4.69) is 5.32 Å². The average molecular weight is 492 g/mol. The van der Waals surface area contributed by atoms with E-state index < -0.39 is 5.25 Å². The van der Waals surface area contributed by atoms with E-state index >= 15 is 0 Å². The predicted octanol–water partition coefficient (Wildman–Crippen LogP) is 4.62. The minimum Gasteiger partial charge on any atom is -0.352 e. The number of hydrogen-bond acceptors (Lipinski definition) is 4. The number of fused-ring (bicyclic) bond motifs is 1. The molecule has 35 heavy (non-hydrogen) atoms. The molecule has 0 bridgehead atoms. The van der Waals surface area contributed by atoms with Crippen LogP contribution in [0.1, 0.15) is 51.4 Å². The van der Waals surface area contributed by atoms with Crippen LogP contribution >= 0.6 is 11.8 Å². The first-order valence-corrected chi connectivity index (χ1v) is 13.7. The van der Waals surface area contributed by atoms with Crippen molar-refractivity contribution in [2.24, 2.45) is 0 Å². The van der Waals surface area contributed by atoms with Crippen LogP contribution in [0.2, 0.25) is 0 Å². The van der Waals surface area contributed by atoms with Gasteiger partial charge in [0.1, 0.15) is 6.54 Å². The number of piperidine rings is 1. The molecule has 1 N–H and O–H groups in total. The summed E-state index contributed by atoms with van der Waals surface area (Å²) in [4.78, 5) is 44.3. The van der Waals surface area contributed by atoms with E-state index in [-0.39, 0.29) is 30.3 Å². The highest BCUT2D eigenvalue weighted by molar-refractivity contribution is 8.01. The van der Waals surface area contributed by atoms with Gasteiger partial charge in [-0.15, -0.1) is 11.8 Å². The van der Waals surface area contributed by atoms with Gasteiger partial charge in [-0.25, -0.2) is 0 Å². The van der Waals surface area contributed by atoms with Gasteiger partial charge < -0.3 is 15.1 Å². The van der Waals surface area contributed by atoms with Gasteiger partial charge in [0, 0.05) is 24.0 Å². The summed E-state index contributed by atoms with van der Waals surface area (Å²) in [6.07, 6.45) is 8.51. The number of benzene rings is 2. The van der Waals surface area contributed by atoms with Crippen LogP contribution in [-0.4, -0.2) is 53.5 Å². The Morgan fingerprint density at radius 2 is 1.60 bits per heavy atom. The van der Waals surface area contributed by atoms with Crippen molar-refractivity contribution in [3.63, 3.8) is 0 Å². The van der Waals surface area contributed by atoms with Crippen molar-refractivity contribution < 1.29 is 14.4 Å². The first-order chi connectivity index (χ1) is 17.1. The number of rotatable bonds is 5. The number of carbonyl (C=O) groups is 3. The Kier molecular flexibility index (Phi) is 7.42. The number of hydrogen-bond donors (Lipinski definition) is 1. The quantitative estimate of drug-likeness (QED) is 0.620. The largest absolute Gasteiger partial charge is 0.352 e. The van der Waals surface area contributed by atoms with Crippen LogP contribution in [0, 0.1) is 0 Å². The first-order valence-electron chi connectivity index (χ1n) is 12.9. The number of carbonyl (C=O) groups excluding carboxylic acids is 3. The van der Waals surface area contributed by atoms with Gasteiger partial charge in [0.25, 0.3) is 5.91 Å². The molecule has 2 aliphatic heterocycles. The van der Waals surface area contributed by atoms with Crippen LogP contribution in [0.3, 0.4) is 0 Å². The second-order valence-electron chi connectivity index (χ2n) is 9.76. The molecule has 2 aromatic rings. The highest BCUT2D eigenvalue weighted by Crippen LogP contribution is 2.42.